The molecule has 2 N–H and O–H groups in total. The molecule has 50 valence electrons. The van der Waals surface area contributed by atoms with Crippen molar-refractivity contribution in [3.05, 3.63) is 15.9 Å². The van der Waals surface area contributed by atoms with Crippen LogP contribution in [0.25, 0.3) is 0 Å². The van der Waals surface area contributed by atoms with Gasteiger partial charge >= 0.3 is 0 Å². The lowest BCUT2D eigenvalue weighted by atomic mass is 10.7. The van der Waals surface area contributed by atoms with E-state index in [-0.39, 0.29) is 0 Å². The number of nitrogens with two attached hydrogens (primary N) is 1. The fourth-order valence-corrected chi connectivity index (χ4v) is 2.65. The maximum Gasteiger partial charge on any atom is 0.228 e. The molecule has 0 aromatic carbocycles. The van der Waals surface area contributed by atoms with Gasteiger partial charge in [0.2, 0.25) is 4.21 Å². The van der Waals surface area contributed by atoms with Crippen LogP contribution >= 0.6 is 27.3 Å². The molecule has 1 rings (SSSR count). The van der Waals surface area contributed by atoms with Gasteiger partial charge in [0, 0.05) is 6.07 Å². The van der Waals surface area contributed by atoms with Crippen LogP contribution in [0.5, 0.6) is 0 Å². The predicted molar refractivity (Wildman–Crippen MR) is 42.6 cm³/mol. The average Bonchev–Trinajstić information content (AvgIpc) is 2.14. The quantitative estimate of drug-likeness (QED) is 0.737. The van der Waals surface area contributed by atoms with Gasteiger partial charge in [0.15, 0.2) is 0 Å². The van der Waals surface area contributed by atoms with Crippen molar-refractivity contribution in [1.29, 1.82) is 0 Å². The fourth-order valence-electron chi connectivity index (χ4n) is 0.406. The van der Waals surface area contributed by atoms with Crippen molar-refractivity contribution in [2.75, 3.05) is 0 Å². The Morgan fingerprint density at radius 2 is 2.33 bits per heavy atom. The molecule has 0 saturated heterocycles. The third kappa shape index (κ3) is 1.94. The number of rotatable bonds is 1. The Morgan fingerprint density at radius 3 is 2.56 bits per heavy atom. The number of hydrogen-bond donors (Lipinski definition) is 1. The highest BCUT2D eigenvalue weighted by Gasteiger charge is 2.06. The van der Waals surface area contributed by atoms with Crippen molar-refractivity contribution in [2.24, 2.45) is 5.14 Å². The molecule has 0 aliphatic carbocycles. The second-order valence-corrected chi connectivity index (χ2v) is 5.11. The largest absolute Gasteiger partial charge is 0.592 e. The van der Waals surface area contributed by atoms with Gasteiger partial charge in [0.1, 0.15) is 0 Å². The predicted octanol–water partition coefficient (Wildman–Crippen LogP) is 1.49. The first-order valence-electron chi connectivity index (χ1n) is 2.11. The van der Waals surface area contributed by atoms with Gasteiger partial charge in [-0.25, -0.2) is 0 Å². The number of hydrogen-bond acceptors (Lipinski definition) is 3. The van der Waals surface area contributed by atoms with Crippen molar-refractivity contribution in [2.45, 2.75) is 4.21 Å². The van der Waals surface area contributed by atoms with Crippen LogP contribution in [0.15, 0.2) is 20.1 Å². The fraction of sp³-hybridized carbons (Fsp3) is 0. The minimum absolute atomic E-state index is 0.696. The molecule has 0 amide bonds. The van der Waals surface area contributed by atoms with Gasteiger partial charge in [-0.2, -0.15) is 0 Å². The van der Waals surface area contributed by atoms with Crippen molar-refractivity contribution in [3.8, 4) is 0 Å². The van der Waals surface area contributed by atoms with Crippen LogP contribution in [0.4, 0.5) is 0 Å². The highest BCUT2D eigenvalue weighted by Crippen LogP contribution is 2.24. The smallest absolute Gasteiger partial charge is 0.228 e. The third-order valence-electron chi connectivity index (χ3n) is 0.747. The molecule has 0 spiro atoms. The Bertz CT molecular complexity index is 200. The summed E-state index contributed by atoms with van der Waals surface area (Å²) < 4.78 is 12.2. The molecule has 0 bridgehead atoms. The van der Waals surface area contributed by atoms with E-state index >= 15 is 0 Å². The Labute approximate surface area is 68.5 Å². The normalized spacial score (nSPS) is 13.7. The van der Waals surface area contributed by atoms with E-state index in [1.54, 1.807) is 6.07 Å². The summed E-state index contributed by atoms with van der Waals surface area (Å²) in [5.74, 6) is 0. The van der Waals surface area contributed by atoms with Gasteiger partial charge in [-0.15, -0.1) is 5.14 Å². The molecule has 0 fully saturated rings. The van der Waals surface area contributed by atoms with Crippen LogP contribution < -0.4 is 5.14 Å². The van der Waals surface area contributed by atoms with Gasteiger partial charge in [-0.1, -0.05) is 11.3 Å². The lowest BCUT2D eigenvalue weighted by Crippen LogP contribution is -2.09. The van der Waals surface area contributed by atoms with Crippen molar-refractivity contribution in [1.82, 2.24) is 0 Å². The molecule has 0 aliphatic rings. The van der Waals surface area contributed by atoms with Crippen LogP contribution in [0, 0.1) is 0 Å². The molecule has 1 aromatic heterocycles. The second kappa shape index (κ2) is 3.03. The molecule has 1 aromatic rings. The molecule has 5 heteroatoms. The second-order valence-electron chi connectivity index (χ2n) is 1.36. The van der Waals surface area contributed by atoms with E-state index in [9.17, 15) is 4.55 Å². The van der Waals surface area contributed by atoms with Gasteiger partial charge in [-0.05, 0) is 22.0 Å². The van der Waals surface area contributed by atoms with E-state index in [0.717, 1.165) is 3.79 Å². The zero-order valence-corrected chi connectivity index (χ0v) is 7.55. The maximum atomic E-state index is 10.5. The van der Waals surface area contributed by atoms with Crippen molar-refractivity contribution < 1.29 is 4.55 Å². The zero-order chi connectivity index (χ0) is 6.85. The van der Waals surface area contributed by atoms with Crippen LogP contribution in [-0.4, -0.2) is 4.55 Å². The Hall–Kier alpha value is 0.450. The van der Waals surface area contributed by atoms with Gasteiger partial charge in [-0.3, -0.25) is 0 Å². The van der Waals surface area contributed by atoms with Gasteiger partial charge in [0.05, 0.1) is 15.1 Å². The summed E-state index contributed by atoms with van der Waals surface area (Å²) in [6.07, 6.45) is 0. The van der Waals surface area contributed by atoms with E-state index in [4.69, 9.17) is 5.14 Å². The molecule has 1 unspecified atom stereocenters. The van der Waals surface area contributed by atoms with Crippen LogP contribution in [-0.2, 0) is 11.4 Å². The topological polar surface area (TPSA) is 49.1 Å². The first-order valence-corrected chi connectivity index (χ1v) is 4.94. The SMILES string of the molecule is N[S+]([O-])c1ccc(Br)s1. The van der Waals surface area contributed by atoms with Gasteiger partial charge < -0.3 is 4.55 Å². The van der Waals surface area contributed by atoms with Crippen LogP contribution in [0.1, 0.15) is 0 Å². The average molecular weight is 226 g/mol. The van der Waals surface area contributed by atoms with E-state index in [0.29, 0.717) is 4.21 Å². The summed E-state index contributed by atoms with van der Waals surface area (Å²) >= 11 is 3.30. The lowest BCUT2D eigenvalue weighted by molar-refractivity contribution is 0.598. The standard InChI is InChI=1S/C4H4BrNOS2/c5-3-1-2-4(8-3)9(6)7/h1-2H,6H2. The van der Waals surface area contributed by atoms with Crippen molar-refractivity contribution in [3.63, 3.8) is 0 Å². The minimum atomic E-state index is -1.32. The van der Waals surface area contributed by atoms with E-state index in [1.165, 1.54) is 11.3 Å². The van der Waals surface area contributed by atoms with Gasteiger partial charge in [0.25, 0.3) is 0 Å². The van der Waals surface area contributed by atoms with Crippen LogP contribution in [0.2, 0.25) is 0 Å². The molecule has 0 saturated carbocycles. The monoisotopic (exact) mass is 225 g/mol. The summed E-state index contributed by atoms with van der Waals surface area (Å²) in [7, 11) is 0. The van der Waals surface area contributed by atoms with E-state index in [1.807, 2.05) is 6.07 Å². The maximum absolute atomic E-state index is 10.5. The highest BCUT2D eigenvalue weighted by atomic mass is 79.9. The summed E-state index contributed by atoms with van der Waals surface area (Å²) in [5, 5.41) is 5.09. The molecular weight excluding hydrogens is 222 g/mol. The van der Waals surface area contributed by atoms with Crippen LogP contribution in [0.3, 0.4) is 0 Å². The molecular formula is C4H4BrNOS2. The Morgan fingerprint density at radius 1 is 1.67 bits per heavy atom. The minimum Gasteiger partial charge on any atom is -0.592 e. The highest BCUT2D eigenvalue weighted by molar-refractivity contribution is 9.11. The van der Waals surface area contributed by atoms with E-state index < -0.39 is 11.4 Å². The Balaban J connectivity index is 2.85. The molecule has 0 radical (unpaired) electrons. The third-order valence-corrected chi connectivity index (χ3v) is 3.44. The zero-order valence-electron chi connectivity index (χ0n) is 4.33. The first kappa shape index (κ1) is 7.56. The first-order chi connectivity index (χ1) is 4.20. The van der Waals surface area contributed by atoms with Crippen molar-refractivity contribution >= 4 is 38.6 Å². The lowest BCUT2D eigenvalue weighted by Gasteiger charge is -1.94. The summed E-state index contributed by atoms with van der Waals surface area (Å²) in [6.45, 7) is 0. The summed E-state index contributed by atoms with van der Waals surface area (Å²) in [6, 6.07) is 3.57. The molecule has 1 heterocycles. The number of thiophene rings is 1. The Kier molecular flexibility index (Phi) is 2.54. The van der Waals surface area contributed by atoms with E-state index in [2.05, 4.69) is 15.9 Å². The molecule has 9 heavy (non-hydrogen) atoms. The number of halogens is 1. The molecule has 1 atom stereocenters. The summed E-state index contributed by atoms with van der Waals surface area (Å²) in [5.41, 5.74) is 0. The summed E-state index contributed by atoms with van der Waals surface area (Å²) in [4.78, 5) is 0. The molecule has 0 aliphatic heterocycles. The molecule has 2 nitrogen and oxygen atoms in total.